The molecule has 0 radical (unpaired) electrons. The van der Waals surface area contributed by atoms with Crippen LogP contribution in [0.25, 0.3) is 0 Å². The summed E-state index contributed by atoms with van der Waals surface area (Å²) in [4.78, 5) is 11.3. The van der Waals surface area contributed by atoms with Crippen LogP contribution >= 0.6 is 12.8 Å². The molecule has 0 fully saturated rings. The van der Waals surface area contributed by atoms with Crippen LogP contribution < -0.4 is 5.32 Å². The second-order valence-corrected chi connectivity index (χ2v) is 4.04. The minimum absolute atomic E-state index is 0.0921. The third-order valence-corrected chi connectivity index (χ3v) is 2.00. The number of hydrogen-bond acceptors (Lipinski definition) is 2. The summed E-state index contributed by atoms with van der Waals surface area (Å²) < 4.78 is 1.44. The number of unbranched alkanes of at least 4 members (excludes halogenated alkanes) is 1. The SMILES string of the molecule is CCCCN(S)C(=O)NCC(C)C. The predicted molar refractivity (Wildman–Crippen MR) is 58.8 cm³/mol. The molecule has 0 bridgehead atoms. The molecule has 1 N–H and O–H groups in total. The van der Waals surface area contributed by atoms with Gasteiger partial charge in [0.15, 0.2) is 0 Å². The van der Waals surface area contributed by atoms with Crippen molar-refractivity contribution < 1.29 is 4.79 Å². The van der Waals surface area contributed by atoms with Gasteiger partial charge in [-0.2, -0.15) is 0 Å². The van der Waals surface area contributed by atoms with Crippen LogP contribution in [0.5, 0.6) is 0 Å². The molecule has 0 heterocycles. The molecule has 0 aromatic carbocycles. The first-order valence-corrected chi connectivity index (χ1v) is 5.22. The number of urea groups is 1. The summed E-state index contributed by atoms with van der Waals surface area (Å²) in [5.41, 5.74) is 0. The lowest BCUT2D eigenvalue weighted by Crippen LogP contribution is -2.36. The Morgan fingerprint density at radius 1 is 1.54 bits per heavy atom. The molecule has 0 aliphatic carbocycles. The fourth-order valence-electron chi connectivity index (χ4n) is 0.792. The van der Waals surface area contributed by atoms with Crippen LogP contribution in [0, 0.1) is 5.92 Å². The van der Waals surface area contributed by atoms with Gasteiger partial charge in [0.05, 0.1) is 0 Å². The molecule has 0 rings (SSSR count). The molecule has 2 amide bonds. The summed E-state index contributed by atoms with van der Waals surface area (Å²) in [6.07, 6.45) is 2.08. The number of amides is 2. The lowest BCUT2D eigenvalue weighted by molar-refractivity contribution is 0.224. The van der Waals surface area contributed by atoms with Gasteiger partial charge in [-0.25, -0.2) is 4.79 Å². The van der Waals surface area contributed by atoms with Crippen LogP contribution in [0.2, 0.25) is 0 Å². The topological polar surface area (TPSA) is 32.3 Å². The van der Waals surface area contributed by atoms with Crippen molar-refractivity contribution in [2.75, 3.05) is 13.1 Å². The number of nitrogens with zero attached hydrogens (tertiary/aromatic N) is 1. The number of hydrogen-bond donors (Lipinski definition) is 2. The Kier molecular flexibility index (Phi) is 6.86. The quantitative estimate of drug-likeness (QED) is 0.662. The van der Waals surface area contributed by atoms with Crippen LogP contribution in [0.1, 0.15) is 33.6 Å². The highest BCUT2D eigenvalue weighted by Crippen LogP contribution is 1.99. The van der Waals surface area contributed by atoms with Gasteiger partial charge in [0.1, 0.15) is 0 Å². The first-order chi connectivity index (χ1) is 6.07. The molecule has 0 aromatic rings. The maximum absolute atomic E-state index is 11.3. The molecule has 0 aliphatic heterocycles. The number of carbonyl (C=O) groups excluding carboxylic acids is 1. The summed E-state index contributed by atoms with van der Waals surface area (Å²) in [6.45, 7) is 7.64. The zero-order chi connectivity index (χ0) is 10.3. The van der Waals surface area contributed by atoms with Gasteiger partial charge in [0.2, 0.25) is 0 Å². The van der Waals surface area contributed by atoms with E-state index in [2.05, 4.69) is 38.9 Å². The minimum Gasteiger partial charge on any atom is -0.337 e. The van der Waals surface area contributed by atoms with Gasteiger partial charge in [-0.1, -0.05) is 40.0 Å². The van der Waals surface area contributed by atoms with Gasteiger partial charge in [-0.15, -0.1) is 0 Å². The largest absolute Gasteiger partial charge is 0.337 e. The summed E-state index contributed by atoms with van der Waals surface area (Å²) in [5.74, 6) is 0.483. The zero-order valence-electron chi connectivity index (χ0n) is 8.71. The minimum atomic E-state index is -0.0921. The van der Waals surface area contributed by atoms with Gasteiger partial charge in [-0.3, -0.25) is 4.31 Å². The van der Waals surface area contributed by atoms with E-state index in [0.717, 1.165) is 12.8 Å². The normalized spacial score (nSPS) is 10.2. The van der Waals surface area contributed by atoms with Crippen molar-refractivity contribution in [1.29, 1.82) is 0 Å². The van der Waals surface area contributed by atoms with E-state index in [1.165, 1.54) is 4.31 Å². The molecular weight excluding hydrogens is 184 g/mol. The third kappa shape index (κ3) is 6.75. The van der Waals surface area contributed by atoms with Crippen LogP contribution in [0.15, 0.2) is 0 Å². The maximum atomic E-state index is 11.3. The second kappa shape index (κ2) is 7.06. The molecule has 0 saturated heterocycles. The van der Waals surface area contributed by atoms with Crippen molar-refractivity contribution >= 4 is 18.8 Å². The van der Waals surface area contributed by atoms with Gasteiger partial charge in [-0.05, 0) is 12.3 Å². The van der Waals surface area contributed by atoms with Gasteiger partial charge in [0, 0.05) is 13.1 Å². The van der Waals surface area contributed by atoms with E-state index in [1.807, 2.05) is 0 Å². The van der Waals surface area contributed by atoms with E-state index in [9.17, 15) is 4.79 Å². The van der Waals surface area contributed by atoms with Crippen molar-refractivity contribution in [2.24, 2.45) is 5.92 Å². The molecule has 0 aliphatic rings. The van der Waals surface area contributed by atoms with Crippen molar-refractivity contribution in [3.05, 3.63) is 0 Å². The molecule has 0 aromatic heterocycles. The summed E-state index contributed by atoms with van der Waals surface area (Å²) in [7, 11) is 0. The van der Waals surface area contributed by atoms with E-state index in [1.54, 1.807) is 0 Å². The van der Waals surface area contributed by atoms with E-state index in [4.69, 9.17) is 0 Å². The summed E-state index contributed by atoms with van der Waals surface area (Å²) in [5, 5.41) is 2.80. The van der Waals surface area contributed by atoms with E-state index >= 15 is 0 Å². The van der Waals surface area contributed by atoms with Gasteiger partial charge in [0.25, 0.3) is 0 Å². The Balaban J connectivity index is 3.57. The van der Waals surface area contributed by atoms with Gasteiger partial charge >= 0.3 is 6.03 Å². The van der Waals surface area contributed by atoms with Crippen LogP contribution in [-0.2, 0) is 0 Å². The van der Waals surface area contributed by atoms with Crippen LogP contribution in [0.4, 0.5) is 4.79 Å². The second-order valence-electron chi connectivity index (χ2n) is 3.56. The number of carbonyl (C=O) groups is 1. The highest BCUT2D eigenvalue weighted by molar-refractivity contribution is 7.78. The Labute approximate surface area is 86.4 Å². The Morgan fingerprint density at radius 3 is 2.62 bits per heavy atom. The van der Waals surface area contributed by atoms with Gasteiger partial charge < -0.3 is 5.32 Å². The third-order valence-electron chi connectivity index (χ3n) is 1.62. The van der Waals surface area contributed by atoms with Crippen molar-refractivity contribution in [2.45, 2.75) is 33.6 Å². The number of rotatable bonds is 5. The van der Waals surface area contributed by atoms with Crippen molar-refractivity contribution in [3.63, 3.8) is 0 Å². The molecular formula is C9H20N2OS. The Hall–Kier alpha value is -0.380. The predicted octanol–water partition coefficient (Wildman–Crippen LogP) is 2.30. The highest BCUT2D eigenvalue weighted by atomic mass is 32.1. The fraction of sp³-hybridized carbons (Fsp3) is 0.889. The number of nitrogens with one attached hydrogen (secondary N) is 1. The van der Waals surface area contributed by atoms with Crippen LogP contribution in [0.3, 0.4) is 0 Å². The maximum Gasteiger partial charge on any atom is 0.327 e. The summed E-state index contributed by atoms with van der Waals surface area (Å²) >= 11 is 4.08. The lowest BCUT2D eigenvalue weighted by Gasteiger charge is -2.16. The average Bonchev–Trinajstić information content (AvgIpc) is 2.10. The molecule has 4 heteroatoms. The average molecular weight is 204 g/mol. The summed E-state index contributed by atoms with van der Waals surface area (Å²) in [6, 6.07) is -0.0921. The Bertz CT molecular complexity index is 151. The molecule has 3 nitrogen and oxygen atoms in total. The Morgan fingerprint density at radius 2 is 2.15 bits per heavy atom. The molecule has 13 heavy (non-hydrogen) atoms. The monoisotopic (exact) mass is 204 g/mol. The van der Waals surface area contributed by atoms with Crippen LogP contribution in [-0.4, -0.2) is 23.4 Å². The zero-order valence-corrected chi connectivity index (χ0v) is 9.60. The molecule has 0 spiro atoms. The molecule has 78 valence electrons. The van der Waals surface area contributed by atoms with E-state index in [0.29, 0.717) is 19.0 Å². The van der Waals surface area contributed by atoms with E-state index < -0.39 is 0 Å². The smallest absolute Gasteiger partial charge is 0.327 e. The molecule has 0 atom stereocenters. The lowest BCUT2D eigenvalue weighted by atomic mass is 10.2. The first kappa shape index (κ1) is 12.6. The van der Waals surface area contributed by atoms with Crippen molar-refractivity contribution in [3.8, 4) is 0 Å². The number of thiol groups is 1. The van der Waals surface area contributed by atoms with Crippen molar-refractivity contribution in [1.82, 2.24) is 9.62 Å². The molecule has 0 unspecified atom stereocenters. The van der Waals surface area contributed by atoms with E-state index in [-0.39, 0.29) is 6.03 Å². The fourth-order valence-corrected chi connectivity index (χ4v) is 1.00. The standard InChI is InChI=1S/C9H20N2OS/c1-4-5-6-11(13)9(12)10-7-8(2)3/h8,13H,4-7H2,1-3H3,(H,10,12). The highest BCUT2D eigenvalue weighted by Gasteiger charge is 2.07. The molecule has 0 saturated carbocycles. The first-order valence-electron chi connectivity index (χ1n) is 4.82.